The van der Waals surface area contributed by atoms with Gasteiger partial charge in [0.25, 0.3) is 0 Å². The number of hydrogen-bond donors (Lipinski definition) is 1. The molecule has 1 aromatic carbocycles. The zero-order valence-electron chi connectivity index (χ0n) is 8.49. The van der Waals surface area contributed by atoms with E-state index in [0.29, 0.717) is 11.3 Å². The molecule has 2 rings (SSSR count). The lowest BCUT2D eigenvalue weighted by Gasteiger charge is -1.97. The predicted octanol–water partition coefficient (Wildman–Crippen LogP) is 2.70. The zero-order chi connectivity index (χ0) is 10.8. The van der Waals surface area contributed by atoms with Gasteiger partial charge < -0.3 is 9.84 Å². The van der Waals surface area contributed by atoms with Crippen LogP contribution in [-0.4, -0.2) is 11.1 Å². The van der Waals surface area contributed by atoms with Crippen LogP contribution in [0.15, 0.2) is 24.3 Å². The monoisotopic (exact) mass is 204 g/mol. The molecule has 0 amide bonds. The number of allylic oxidation sites excluding steroid dienone is 1. The third-order valence-electron chi connectivity index (χ3n) is 2.31. The van der Waals surface area contributed by atoms with Crippen LogP contribution in [0, 0.1) is 0 Å². The largest absolute Gasteiger partial charge is 0.508 e. The van der Waals surface area contributed by atoms with Crippen molar-refractivity contribution in [2.75, 3.05) is 0 Å². The van der Waals surface area contributed by atoms with Gasteiger partial charge in [-0.1, -0.05) is 13.3 Å². The number of benzene rings is 1. The Bertz CT molecular complexity index is 432. The van der Waals surface area contributed by atoms with Crippen LogP contribution in [0.1, 0.15) is 35.7 Å². The molecule has 3 nitrogen and oxygen atoms in total. The Morgan fingerprint density at radius 3 is 2.93 bits per heavy atom. The summed E-state index contributed by atoms with van der Waals surface area (Å²) < 4.78 is 5.10. The third-order valence-corrected chi connectivity index (χ3v) is 2.31. The topological polar surface area (TPSA) is 46.5 Å². The molecule has 78 valence electrons. The molecule has 0 atom stereocenters. The molecule has 3 heteroatoms. The van der Waals surface area contributed by atoms with E-state index in [0.717, 1.165) is 18.4 Å². The Labute approximate surface area is 88.0 Å². The zero-order valence-corrected chi connectivity index (χ0v) is 8.49. The summed E-state index contributed by atoms with van der Waals surface area (Å²) in [6.45, 7) is 2.06. The molecule has 0 saturated heterocycles. The Kier molecular flexibility index (Phi) is 2.46. The van der Waals surface area contributed by atoms with Crippen LogP contribution in [0.5, 0.6) is 5.75 Å². The fourth-order valence-corrected chi connectivity index (χ4v) is 1.55. The van der Waals surface area contributed by atoms with E-state index in [1.165, 1.54) is 6.07 Å². The molecule has 1 aliphatic heterocycles. The van der Waals surface area contributed by atoms with Crippen molar-refractivity contribution in [3.63, 3.8) is 0 Å². The van der Waals surface area contributed by atoms with Gasteiger partial charge in [0, 0.05) is 5.56 Å². The van der Waals surface area contributed by atoms with Crippen molar-refractivity contribution in [2.24, 2.45) is 0 Å². The molecule has 0 aromatic heterocycles. The lowest BCUT2D eigenvalue weighted by Crippen LogP contribution is -1.92. The minimum absolute atomic E-state index is 0.0856. The van der Waals surface area contributed by atoms with Crippen molar-refractivity contribution < 1.29 is 14.6 Å². The number of carbonyl (C=O) groups excluding carboxylic acids is 1. The van der Waals surface area contributed by atoms with Gasteiger partial charge in [0.2, 0.25) is 0 Å². The van der Waals surface area contributed by atoms with Crippen LogP contribution in [-0.2, 0) is 4.74 Å². The highest BCUT2D eigenvalue weighted by Crippen LogP contribution is 2.32. The number of esters is 1. The van der Waals surface area contributed by atoms with Gasteiger partial charge in [-0.25, -0.2) is 4.79 Å². The molecule has 0 fully saturated rings. The van der Waals surface area contributed by atoms with E-state index in [4.69, 9.17) is 4.74 Å². The summed E-state index contributed by atoms with van der Waals surface area (Å²) in [5.41, 5.74) is 1.21. The highest BCUT2D eigenvalue weighted by molar-refractivity contribution is 6.03. The molecule has 0 unspecified atom stereocenters. The number of hydrogen-bond acceptors (Lipinski definition) is 3. The number of unbranched alkanes of at least 4 members (excludes halogenated alkanes) is 1. The number of phenolic OH excluding ortho intramolecular Hbond substituents is 1. The predicted molar refractivity (Wildman–Crippen MR) is 56.4 cm³/mol. The van der Waals surface area contributed by atoms with E-state index >= 15 is 0 Å². The first-order chi connectivity index (χ1) is 7.22. The van der Waals surface area contributed by atoms with Gasteiger partial charge in [0.15, 0.2) is 0 Å². The van der Waals surface area contributed by atoms with Gasteiger partial charge in [-0.2, -0.15) is 0 Å². The molecule has 1 N–H and O–H groups in total. The first-order valence-corrected chi connectivity index (χ1v) is 4.98. The summed E-state index contributed by atoms with van der Waals surface area (Å²) in [7, 11) is 0. The number of carbonyl (C=O) groups is 1. The van der Waals surface area contributed by atoms with E-state index < -0.39 is 0 Å². The van der Waals surface area contributed by atoms with Gasteiger partial charge in [-0.05, 0) is 30.7 Å². The smallest absolute Gasteiger partial charge is 0.344 e. The Hall–Kier alpha value is -1.77. The van der Waals surface area contributed by atoms with Crippen LogP contribution < -0.4 is 0 Å². The molecule has 0 bridgehead atoms. The van der Waals surface area contributed by atoms with Crippen molar-refractivity contribution in [3.8, 4) is 5.75 Å². The minimum atomic E-state index is -0.386. The van der Waals surface area contributed by atoms with E-state index in [-0.39, 0.29) is 11.7 Å². The van der Waals surface area contributed by atoms with Crippen molar-refractivity contribution >= 4 is 11.7 Å². The van der Waals surface area contributed by atoms with E-state index in [1.54, 1.807) is 12.1 Å². The summed E-state index contributed by atoms with van der Waals surface area (Å²) >= 11 is 0. The van der Waals surface area contributed by atoms with Gasteiger partial charge in [0.05, 0.1) is 5.56 Å². The molecule has 0 aliphatic carbocycles. The van der Waals surface area contributed by atoms with Crippen molar-refractivity contribution in [2.45, 2.75) is 19.8 Å². The van der Waals surface area contributed by atoms with Gasteiger partial charge in [-0.3, -0.25) is 0 Å². The Morgan fingerprint density at radius 1 is 1.40 bits per heavy atom. The molecule has 1 aromatic rings. The number of cyclic esters (lactones) is 1. The first-order valence-electron chi connectivity index (χ1n) is 4.98. The van der Waals surface area contributed by atoms with Crippen LogP contribution in [0.2, 0.25) is 0 Å². The number of ether oxygens (including phenoxy) is 1. The normalized spacial score (nSPS) is 16.6. The van der Waals surface area contributed by atoms with Crippen LogP contribution in [0.4, 0.5) is 0 Å². The van der Waals surface area contributed by atoms with Gasteiger partial charge in [-0.15, -0.1) is 0 Å². The summed E-state index contributed by atoms with van der Waals surface area (Å²) in [6.07, 6.45) is 3.79. The third kappa shape index (κ3) is 1.73. The second-order valence-corrected chi connectivity index (χ2v) is 3.48. The molecule has 1 heterocycles. The maximum atomic E-state index is 11.4. The molecule has 0 radical (unpaired) electrons. The number of rotatable bonds is 2. The standard InChI is InChI=1S/C12H12O3/c1-2-3-4-11-9-6-5-8(13)7-10(9)12(14)15-11/h4-7,13H,2-3H2,1H3. The summed E-state index contributed by atoms with van der Waals surface area (Å²) in [4.78, 5) is 11.4. The Morgan fingerprint density at radius 2 is 2.20 bits per heavy atom. The lowest BCUT2D eigenvalue weighted by molar-refractivity contribution is 0.0715. The number of aromatic hydroxyl groups is 1. The van der Waals surface area contributed by atoms with Crippen LogP contribution in [0.25, 0.3) is 5.76 Å². The quantitative estimate of drug-likeness (QED) is 0.753. The average molecular weight is 204 g/mol. The number of phenols is 1. The second kappa shape index (κ2) is 3.77. The fraction of sp³-hybridized carbons (Fsp3) is 0.250. The average Bonchev–Trinajstić information content (AvgIpc) is 2.53. The SMILES string of the molecule is CCCC=C1OC(=O)c2cc(O)ccc21. The molecule has 0 saturated carbocycles. The van der Waals surface area contributed by atoms with Gasteiger partial charge in [0.1, 0.15) is 11.5 Å². The molecular weight excluding hydrogens is 192 g/mol. The maximum Gasteiger partial charge on any atom is 0.344 e. The van der Waals surface area contributed by atoms with E-state index in [2.05, 4.69) is 6.92 Å². The molecule has 15 heavy (non-hydrogen) atoms. The highest BCUT2D eigenvalue weighted by atomic mass is 16.5. The minimum Gasteiger partial charge on any atom is -0.508 e. The highest BCUT2D eigenvalue weighted by Gasteiger charge is 2.26. The molecular formula is C12H12O3. The lowest BCUT2D eigenvalue weighted by atomic mass is 10.1. The van der Waals surface area contributed by atoms with Crippen molar-refractivity contribution in [1.29, 1.82) is 0 Å². The summed E-state index contributed by atoms with van der Waals surface area (Å²) in [6, 6.07) is 4.70. The van der Waals surface area contributed by atoms with Gasteiger partial charge >= 0.3 is 5.97 Å². The van der Waals surface area contributed by atoms with Crippen LogP contribution >= 0.6 is 0 Å². The first kappa shape index (κ1) is 9.77. The summed E-state index contributed by atoms with van der Waals surface area (Å²) in [5.74, 6) is 0.308. The summed E-state index contributed by atoms with van der Waals surface area (Å²) in [5, 5.41) is 9.25. The fourth-order valence-electron chi connectivity index (χ4n) is 1.55. The van der Waals surface area contributed by atoms with E-state index in [9.17, 15) is 9.90 Å². The van der Waals surface area contributed by atoms with Crippen molar-refractivity contribution in [3.05, 3.63) is 35.4 Å². The molecule has 1 aliphatic rings. The Balaban J connectivity index is 2.42. The number of fused-ring (bicyclic) bond motifs is 1. The van der Waals surface area contributed by atoms with E-state index in [1.807, 2.05) is 6.08 Å². The molecule has 0 spiro atoms. The second-order valence-electron chi connectivity index (χ2n) is 3.48. The van der Waals surface area contributed by atoms with Crippen LogP contribution in [0.3, 0.4) is 0 Å². The van der Waals surface area contributed by atoms with Crippen molar-refractivity contribution in [1.82, 2.24) is 0 Å². The maximum absolute atomic E-state index is 11.4.